The molecule has 6 heteroatoms. The Kier molecular flexibility index (Phi) is 9.01. The van der Waals surface area contributed by atoms with Gasteiger partial charge in [0.2, 0.25) is 5.91 Å². The van der Waals surface area contributed by atoms with Crippen molar-refractivity contribution in [2.45, 2.75) is 45.1 Å². The third-order valence-corrected chi connectivity index (χ3v) is 3.66. The summed E-state index contributed by atoms with van der Waals surface area (Å²) in [5.74, 6) is -0.199. The van der Waals surface area contributed by atoms with E-state index in [2.05, 4.69) is 27.2 Å². The number of nitrogens with zero attached hydrogens (tertiary/aromatic N) is 1. The van der Waals surface area contributed by atoms with E-state index in [1.807, 2.05) is 0 Å². The number of hydrogen-bond acceptors (Lipinski definition) is 5. The summed E-state index contributed by atoms with van der Waals surface area (Å²) in [7, 11) is 1.38. The molecule has 1 unspecified atom stereocenters. The van der Waals surface area contributed by atoms with Crippen LogP contribution in [0.5, 0.6) is 0 Å². The lowest BCUT2D eigenvalue weighted by Gasteiger charge is -2.24. The molecule has 6 nitrogen and oxygen atoms in total. The summed E-state index contributed by atoms with van der Waals surface area (Å²) in [6.45, 7) is 6.05. The normalized spacial score (nSPS) is 18.0. The Labute approximate surface area is 127 Å². The van der Waals surface area contributed by atoms with E-state index in [1.165, 1.54) is 20.0 Å². The Morgan fingerprint density at radius 2 is 2.24 bits per heavy atom. The van der Waals surface area contributed by atoms with Gasteiger partial charge in [0.15, 0.2) is 0 Å². The zero-order valence-electron chi connectivity index (χ0n) is 13.3. The maximum Gasteiger partial charge on any atom is 0.305 e. The van der Waals surface area contributed by atoms with Crippen molar-refractivity contribution in [2.75, 3.05) is 39.8 Å². The zero-order valence-corrected chi connectivity index (χ0v) is 13.3. The van der Waals surface area contributed by atoms with Crippen molar-refractivity contribution in [2.24, 2.45) is 0 Å². The second-order valence-electron chi connectivity index (χ2n) is 5.56. The van der Waals surface area contributed by atoms with E-state index >= 15 is 0 Å². The number of carbonyl (C=O) groups excluding carboxylic acids is 2. The lowest BCUT2D eigenvalue weighted by molar-refractivity contribution is -0.140. The Balaban J connectivity index is 2.19. The second-order valence-corrected chi connectivity index (χ2v) is 5.56. The summed E-state index contributed by atoms with van der Waals surface area (Å²) >= 11 is 0. The van der Waals surface area contributed by atoms with Crippen molar-refractivity contribution in [1.82, 2.24) is 15.5 Å². The number of nitrogens with one attached hydrogen (secondary N) is 2. The highest BCUT2D eigenvalue weighted by molar-refractivity contribution is 5.78. The molecule has 1 atom stereocenters. The molecule has 1 saturated heterocycles. The van der Waals surface area contributed by atoms with Crippen LogP contribution in [0.15, 0.2) is 0 Å². The predicted molar refractivity (Wildman–Crippen MR) is 82.0 cm³/mol. The highest BCUT2D eigenvalue weighted by atomic mass is 16.5. The van der Waals surface area contributed by atoms with E-state index in [1.54, 1.807) is 0 Å². The van der Waals surface area contributed by atoms with Crippen molar-refractivity contribution in [1.29, 1.82) is 0 Å². The fourth-order valence-electron chi connectivity index (χ4n) is 2.60. The minimum absolute atomic E-state index is 0.0336. The summed E-state index contributed by atoms with van der Waals surface area (Å²) in [5, 5.41) is 6.33. The molecule has 122 valence electrons. The standard InChI is InChI=1S/C15H29N3O3/c1-3-10-18(11-13-6-4-8-16-13)12-14(19)17-9-5-7-15(20)21-2/h13,16H,3-12H2,1-2H3,(H,17,19). The molecule has 0 aromatic rings. The van der Waals surface area contributed by atoms with Crippen LogP contribution in [0, 0.1) is 0 Å². The summed E-state index contributed by atoms with van der Waals surface area (Å²) in [6.07, 6.45) is 4.44. The fourth-order valence-corrected chi connectivity index (χ4v) is 2.60. The average molecular weight is 299 g/mol. The summed E-state index contributed by atoms with van der Waals surface area (Å²) in [4.78, 5) is 25.1. The number of carbonyl (C=O) groups is 2. The molecule has 1 rings (SSSR count). The number of hydrogen-bond donors (Lipinski definition) is 2. The van der Waals surface area contributed by atoms with E-state index in [0.717, 1.165) is 26.1 Å². The quantitative estimate of drug-likeness (QED) is 0.454. The van der Waals surface area contributed by atoms with Gasteiger partial charge in [-0.15, -0.1) is 0 Å². The van der Waals surface area contributed by atoms with Crippen molar-refractivity contribution in [3.63, 3.8) is 0 Å². The van der Waals surface area contributed by atoms with E-state index in [-0.39, 0.29) is 11.9 Å². The van der Waals surface area contributed by atoms with Crippen LogP contribution in [0.4, 0.5) is 0 Å². The molecule has 0 saturated carbocycles. The van der Waals surface area contributed by atoms with Gasteiger partial charge in [0, 0.05) is 25.6 Å². The summed E-state index contributed by atoms with van der Waals surface area (Å²) < 4.78 is 4.56. The van der Waals surface area contributed by atoms with E-state index in [9.17, 15) is 9.59 Å². The van der Waals surface area contributed by atoms with Crippen LogP contribution in [0.1, 0.15) is 39.0 Å². The van der Waals surface area contributed by atoms with Gasteiger partial charge < -0.3 is 15.4 Å². The molecule has 21 heavy (non-hydrogen) atoms. The molecule has 0 aromatic carbocycles. The van der Waals surface area contributed by atoms with Gasteiger partial charge in [-0.3, -0.25) is 14.5 Å². The van der Waals surface area contributed by atoms with Crippen molar-refractivity contribution >= 4 is 11.9 Å². The zero-order chi connectivity index (χ0) is 15.5. The van der Waals surface area contributed by atoms with Crippen molar-refractivity contribution in [3.05, 3.63) is 0 Å². The van der Waals surface area contributed by atoms with Crippen molar-refractivity contribution in [3.8, 4) is 0 Å². The molecule has 1 fully saturated rings. The maximum absolute atomic E-state index is 11.9. The van der Waals surface area contributed by atoms with Gasteiger partial charge in [0.05, 0.1) is 13.7 Å². The van der Waals surface area contributed by atoms with Gasteiger partial charge in [-0.1, -0.05) is 6.92 Å². The van der Waals surface area contributed by atoms with Crippen LogP contribution in [-0.4, -0.2) is 62.7 Å². The first-order valence-electron chi connectivity index (χ1n) is 7.95. The van der Waals surface area contributed by atoms with Crippen LogP contribution in [0.2, 0.25) is 0 Å². The van der Waals surface area contributed by atoms with Crippen LogP contribution in [-0.2, 0) is 14.3 Å². The smallest absolute Gasteiger partial charge is 0.305 e. The minimum Gasteiger partial charge on any atom is -0.469 e. The molecule has 1 aliphatic rings. The number of ether oxygens (including phenoxy) is 1. The maximum atomic E-state index is 11.9. The predicted octanol–water partition coefficient (Wildman–Crippen LogP) is 0.520. The van der Waals surface area contributed by atoms with Crippen LogP contribution in [0.3, 0.4) is 0 Å². The highest BCUT2D eigenvalue weighted by Gasteiger charge is 2.19. The first kappa shape index (κ1) is 17.9. The number of esters is 1. The van der Waals surface area contributed by atoms with Gasteiger partial charge in [-0.05, 0) is 38.8 Å². The molecular formula is C15H29N3O3. The number of methoxy groups -OCH3 is 1. The number of amides is 1. The molecule has 0 aliphatic carbocycles. The van der Waals surface area contributed by atoms with Gasteiger partial charge in [0.25, 0.3) is 0 Å². The second kappa shape index (κ2) is 10.6. The molecular weight excluding hydrogens is 270 g/mol. The largest absolute Gasteiger partial charge is 0.469 e. The molecule has 1 aliphatic heterocycles. The Bertz CT molecular complexity index is 317. The molecule has 1 heterocycles. The topological polar surface area (TPSA) is 70.7 Å². The average Bonchev–Trinajstić information content (AvgIpc) is 2.96. The van der Waals surface area contributed by atoms with Gasteiger partial charge in [0.1, 0.15) is 0 Å². The van der Waals surface area contributed by atoms with Gasteiger partial charge in [-0.25, -0.2) is 0 Å². The Morgan fingerprint density at radius 1 is 1.43 bits per heavy atom. The molecule has 0 bridgehead atoms. The lowest BCUT2D eigenvalue weighted by Crippen LogP contribution is -2.43. The summed E-state index contributed by atoms with van der Waals surface area (Å²) in [5.41, 5.74) is 0. The third kappa shape index (κ3) is 8.02. The van der Waals surface area contributed by atoms with Crippen molar-refractivity contribution < 1.29 is 14.3 Å². The first-order valence-corrected chi connectivity index (χ1v) is 7.95. The van der Waals surface area contributed by atoms with Crippen LogP contribution in [0.25, 0.3) is 0 Å². The third-order valence-electron chi connectivity index (χ3n) is 3.66. The monoisotopic (exact) mass is 299 g/mol. The van der Waals surface area contributed by atoms with Crippen LogP contribution < -0.4 is 10.6 Å². The SMILES string of the molecule is CCCN(CC(=O)NCCCC(=O)OC)CC1CCCN1. The van der Waals surface area contributed by atoms with Crippen LogP contribution >= 0.6 is 0 Å². The Hall–Kier alpha value is -1.14. The first-order chi connectivity index (χ1) is 10.2. The molecule has 0 aromatic heterocycles. The van der Waals surface area contributed by atoms with E-state index < -0.39 is 0 Å². The highest BCUT2D eigenvalue weighted by Crippen LogP contribution is 2.07. The lowest BCUT2D eigenvalue weighted by atomic mass is 10.2. The van der Waals surface area contributed by atoms with E-state index in [4.69, 9.17) is 0 Å². The molecule has 0 radical (unpaired) electrons. The minimum atomic E-state index is -0.232. The van der Waals surface area contributed by atoms with Gasteiger partial charge >= 0.3 is 5.97 Å². The fraction of sp³-hybridized carbons (Fsp3) is 0.867. The van der Waals surface area contributed by atoms with Gasteiger partial charge in [-0.2, -0.15) is 0 Å². The molecule has 1 amide bonds. The number of rotatable bonds is 10. The Morgan fingerprint density at radius 3 is 2.86 bits per heavy atom. The summed E-state index contributed by atoms with van der Waals surface area (Å²) in [6, 6.07) is 0.517. The molecule has 2 N–H and O–H groups in total. The molecule has 0 spiro atoms. The van der Waals surface area contributed by atoms with E-state index in [0.29, 0.717) is 32.0 Å².